The zero-order chi connectivity index (χ0) is 21.5. The molecule has 156 valence electrons. The number of rotatable bonds is 6. The third-order valence-electron chi connectivity index (χ3n) is 5.26. The highest BCUT2D eigenvalue weighted by Gasteiger charge is 2.61. The minimum Gasteiger partial charge on any atom is -0.494 e. The summed E-state index contributed by atoms with van der Waals surface area (Å²) in [6.45, 7) is 0.439. The first-order valence-corrected chi connectivity index (χ1v) is 9.36. The predicted octanol–water partition coefficient (Wildman–Crippen LogP) is 4.18. The quantitative estimate of drug-likeness (QED) is 0.692. The van der Waals surface area contributed by atoms with Gasteiger partial charge in [-0.2, -0.15) is 13.2 Å². The number of alkyl halides is 3. The van der Waals surface area contributed by atoms with E-state index >= 15 is 0 Å². The Morgan fingerprint density at radius 2 is 1.93 bits per heavy atom. The number of halogens is 3. The Morgan fingerprint density at radius 3 is 2.60 bits per heavy atom. The molecule has 30 heavy (non-hydrogen) atoms. The molecule has 5 nitrogen and oxygen atoms in total. The van der Waals surface area contributed by atoms with Crippen molar-refractivity contribution in [2.45, 2.75) is 24.6 Å². The van der Waals surface area contributed by atoms with Gasteiger partial charge in [0.25, 0.3) is 0 Å². The number of carbonyl (C=O) groups is 1. The van der Waals surface area contributed by atoms with Crippen LogP contribution in [0.4, 0.5) is 13.2 Å². The van der Waals surface area contributed by atoms with Crippen LogP contribution in [0.25, 0.3) is 16.7 Å². The third kappa shape index (κ3) is 3.17. The van der Waals surface area contributed by atoms with E-state index in [1.165, 1.54) is 18.2 Å². The van der Waals surface area contributed by atoms with Gasteiger partial charge in [0.15, 0.2) is 0 Å². The molecule has 1 heterocycles. The van der Waals surface area contributed by atoms with Gasteiger partial charge in [-0.15, -0.1) is 0 Å². The van der Waals surface area contributed by atoms with Crippen LogP contribution >= 0.6 is 0 Å². The van der Waals surface area contributed by atoms with Gasteiger partial charge in [0.05, 0.1) is 13.2 Å². The van der Waals surface area contributed by atoms with Gasteiger partial charge in [-0.05, 0) is 40.8 Å². The molecule has 0 saturated carbocycles. The maximum atomic E-state index is 14.1. The fourth-order valence-electron chi connectivity index (χ4n) is 3.92. The molecule has 1 aliphatic carbocycles. The summed E-state index contributed by atoms with van der Waals surface area (Å²) in [5, 5.41) is 19.7. The van der Waals surface area contributed by atoms with Gasteiger partial charge >= 0.3 is 12.1 Å². The van der Waals surface area contributed by atoms with Crippen LogP contribution in [-0.4, -0.2) is 41.7 Å². The van der Waals surface area contributed by atoms with Crippen molar-refractivity contribution in [2.24, 2.45) is 4.99 Å². The second kappa shape index (κ2) is 7.28. The Hall–Kier alpha value is -3.13. The summed E-state index contributed by atoms with van der Waals surface area (Å²) in [4.78, 5) is 14.8. The number of ether oxygens (including phenoxy) is 1. The molecule has 1 unspecified atom stereocenters. The molecule has 0 bridgehead atoms. The molecule has 0 saturated heterocycles. The van der Waals surface area contributed by atoms with Gasteiger partial charge in [-0.1, -0.05) is 30.3 Å². The van der Waals surface area contributed by atoms with Gasteiger partial charge in [0.2, 0.25) is 5.60 Å². The predicted molar refractivity (Wildman–Crippen MR) is 105 cm³/mol. The monoisotopic (exact) mass is 417 g/mol. The molecule has 0 fully saturated rings. The number of allylic oxidation sites excluding steroid dienone is 1. The summed E-state index contributed by atoms with van der Waals surface area (Å²) >= 11 is 0. The van der Waals surface area contributed by atoms with Crippen molar-refractivity contribution in [1.29, 1.82) is 0 Å². The summed E-state index contributed by atoms with van der Waals surface area (Å²) in [6, 6.07) is 8.72. The van der Waals surface area contributed by atoms with E-state index < -0.39 is 17.7 Å². The molecule has 8 heteroatoms. The first-order chi connectivity index (χ1) is 14.2. The van der Waals surface area contributed by atoms with Crippen LogP contribution in [0.2, 0.25) is 0 Å². The van der Waals surface area contributed by atoms with E-state index in [-0.39, 0.29) is 36.3 Å². The number of nitrogens with zero attached hydrogens (tertiary/aromatic N) is 1. The van der Waals surface area contributed by atoms with Crippen LogP contribution in [0, 0.1) is 0 Å². The number of fused-ring (bicyclic) bond motifs is 3. The fraction of sp³-hybridized carbons (Fsp3) is 0.273. The highest BCUT2D eigenvalue weighted by molar-refractivity contribution is 6.14. The minimum absolute atomic E-state index is 0.0229. The average Bonchev–Trinajstić information content (AvgIpc) is 3.31. The van der Waals surface area contributed by atoms with Crippen molar-refractivity contribution in [3.05, 3.63) is 59.2 Å². The first kappa shape index (κ1) is 20.2. The molecule has 0 aromatic heterocycles. The number of aliphatic imine (C=N–C) groups is 1. The standard InChI is InChI=1S/C22H18F3NO4/c23-22(24,25)21(29)17-5-2-1-4-15(17)20-16(13-7-8-26-12-13)10-14(11-18(20)21)30-9-3-6-19(27)28/h1-2,4-5,7,10-12,29H,3,6,8-9H2,(H,27,28). The molecule has 0 radical (unpaired) electrons. The average molecular weight is 417 g/mol. The molecule has 2 aliphatic rings. The van der Waals surface area contributed by atoms with Crippen molar-refractivity contribution in [2.75, 3.05) is 13.2 Å². The van der Waals surface area contributed by atoms with E-state index in [9.17, 15) is 23.1 Å². The van der Waals surface area contributed by atoms with Crippen molar-refractivity contribution in [3.63, 3.8) is 0 Å². The van der Waals surface area contributed by atoms with Crippen LogP contribution in [0.3, 0.4) is 0 Å². The highest BCUT2D eigenvalue weighted by Crippen LogP contribution is 2.57. The summed E-state index contributed by atoms with van der Waals surface area (Å²) < 4.78 is 48.0. The maximum absolute atomic E-state index is 14.1. The van der Waals surface area contributed by atoms with Gasteiger partial charge < -0.3 is 14.9 Å². The van der Waals surface area contributed by atoms with Crippen molar-refractivity contribution < 1.29 is 32.9 Å². The molecule has 1 aliphatic heterocycles. The molecule has 2 N–H and O–H groups in total. The largest absolute Gasteiger partial charge is 0.494 e. The number of benzene rings is 2. The number of carboxylic acid groups (broad SMARTS) is 1. The van der Waals surface area contributed by atoms with E-state index in [0.29, 0.717) is 28.8 Å². The summed E-state index contributed by atoms with van der Waals surface area (Å²) in [7, 11) is 0. The Kier molecular flexibility index (Phi) is 4.89. The van der Waals surface area contributed by atoms with Crippen LogP contribution < -0.4 is 4.74 Å². The summed E-state index contributed by atoms with van der Waals surface area (Å²) in [6.07, 6.45) is -1.50. The Morgan fingerprint density at radius 1 is 1.17 bits per heavy atom. The first-order valence-electron chi connectivity index (χ1n) is 9.36. The lowest BCUT2D eigenvalue weighted by Crippen LogP contribution is -2.41. The van der Waals surface area contributed by atoms with Crippen LogP contribution in [0.1, 0.15) is 29.5 Å². The molecule has 2 aromatic carbocycles. The van der Waals surface area contributed by atoms with Crippen molar-refractivity contribution >= 4 is 17.8 Å². The lowest BCUT2D eigenvalue weighted by atomic mass is 9.89. The lowest BCUT2D eigenvalue weighted by molar-refractivity contribution is -0.246. The number of hydrogen-bond acceptors (Lipinski definition) is 4. The van der Waals surface area contributed by atoms with Gasteiger partial charge in [0, 0.05) is 23.8 Å². The molecular formula is C22H18F3NO4. The smallest absolute Gasteiger partial charge is 0.425 e. The number of carboxylic acids is 1. The summed E-state index contributed by atoms with van der Waals surface area (Å²) in [5.74, 6) is -0.853. The third-order valence-corrected chi connectivity index (χ3v) is 5.26. The van der Waals surface area contributed by atoms with E-state index in [2.05, 4.69) is 4.99 Å². The summed E-state index contributed by atoms with van der Waals surface area (Å²) in [5.41, 5.74) is -1.98. The second-order valence-electron chi connectivity index (χ2n) is 7.15. The Balaban J connectivity index is 1.88. The minimum atomic E-state index is -4.95. The zero-order valence-corrected chi connectivity index (χ0v) is 15.7. The zero-order valence-electron chi connectivity index (χ0n) is 15.7. The number of aliphatic hydroxyl groups is 1. The van der Waals surface area contributed by atoms with Crippen molar-refractivity contribution in [3.8, 4) is 16.9 Å². The van der Waals surface area contributed by atoms with E-state index in [4.69, 9.17) is 9.84 Å². The molecule has 1 atom stereocenters. The molecule has 2 aromatic rings. The van der Waals surface area contributed by atoms with Gasteiger partial charge in [0.1, 0.15) is 5.75 Å². The number of aliphatic carboxylic acids is 1. The van der Waals surface area contributed by atoms with Crippen LogP contribution in [0.15, 0.2) is 47.5 Å². The SMILES string of the molecule is O=C(O)CCCOc1cc(C2=CCN=C2)c2c(c1)C(O)(C(F)(F)F)c1ccccc1-2. The Labute approximate surface area is 170 Å². The maximum Gasteiger partial charge on any atom is 0.425 e. The molecule has 4 rings (SSSR count). The van der Waals surface area contributed by atoms with Crippen LogP contribution in [-0.2, 0) is 10.4 Å². The fourth-order valence-corrected chi connectivity index (χ4v) is 3.92. The van der Waals surface area contributed by atoms with E-state index in [1.807, 2.05) is 0 Å². The second-order valence-corrected chi connectivity index (χ2v) is 7.15. The molecule has 0 amide bonds. The van der Waals surface area contributed by atoms with E-state index in [1.54, 1.807) is 30.5 Å². The number of hydrogen-bond donors (Lipinski definition) is 2. The van der Waals surface area contributed by atoms with Crippen molar-refractivity contribution in [1.82, 2.24) is 0 Å². The molecule has 0 spiro atoms. The topological polar surface area (TPSA) is 79.1 Å². The van der Waals surface area contributed by atoms with E-state index in [0.717, 1.165) is 0 Å². The lowest BCUT2D eigenvalue weighted by Gasteiger charge is -2.28. The van der Waals surface area contributed by atoms with Crippen LogP contribution in [0.5, 0.6) is 5.75 Å². The van der Waals surface area contributed by atoms with Gasteiger partial charge in [-0.3, -0.25) is 9.79 Å². The molecular weight excluding hydrogens is 399 g/mol. The van der Waals surface area contributed by atoms with Gasteiger partial charge in [-0.25, -0.2) is 0 Å². The normalized spacial score (nSPS) is 19.4. The Bertz CT molecular complexity index is 1070. The highest BCUT2D eigenvalue weighted by atomic mass is 19.4.